The molecule has 3 aromatic rings. The van der Waals surface area contributed by atoms with E-state index in [0.717, 1.165) is 17.2 Å². The molecular weight excluding hydrogens is 312 g/mol. The van der Waals surface area contributed by atoms with Crippen LogP contribution in [0.1, 0.15) is 15.9 Å². The molecule has 0 saturated carbocycles. The van der Waals surface area contributed by atoms with Gasteiger partial charge in [0.2, 0.25) is 5.75 Å². The molecule has 24 heavy (non-hydrogen) atoms. The standard InChI is InChI=1S/C18H16O6/c1-9-12-4-10(8-19)5-15(23-3)18(12)24-17(9)11-6-13(20)16(21)14(7-11)22-2/h4-8,20-21H,1-3H3. The van der Waals surface area contributed by atoms with Gasteiger partial charge < -0.3 is 24.1 Å². The fraction of sp³-hybridized carbons (Fsp3) is 0.167. The Morgan fingerprint density at radius 2 is 1.75 bits per heavy atom. The fourth-order valence-electron chi connectivity index (χ4n) is 2.68. The Hall–Kier alpha value is -3.15. The monoisotopic (exact) mass is 328 g/mol. The zero-order valence-corrected chi connectivity index (χ0v) is 13.4. The molecule has 3 rings (SSSR count). The number of methoxy groups -OCH3 is 2. The Morgan fingerprint density at radius 3 is 2.38 bits per heavy atom. The summed E-state index contributed by atoms with van der Waals surface area (Å²) in [6.07, 6.45) is 0.740. The van der Waals surface area contributed by atoms with Crippen LogP contribution in [0.2, 0.25) is 0 Å². The van der Waals surface area contributed by atoms with E-state index < -0.39 is 0 Å². The van der Waals surface area contributed by atoms with Crippen LogP contribution < -0.4 is 9.47 Å². The molecule has 0 saturated heterocycles. The number of aromatic hydroxyl groups is 2. The Morgan fingerprint density at radius 1 is 1.04 bits per heavy atom. The SMILES string of the molecule is COc1cc(-c2oc3c(OC)cc(C=O)cc3c2C)cc(O)c1O. The van der Waals surface area contributed by atoms with E-state index in [1.165, 1.54) is 20.3 Å². The number of carbonyl (C=O) groups excluding carboxylic acids is 1. The van der Waals surface area contributed by atoms with Gasteiger partial charge in [0, 0.05) is 22.1 Å². The van der Waals surface area contributed by atoms with Crippen LogP contribution in [0.15, 0.2) is 28.7 Å². The van der Waals surface area contributed by atoms with E-state index in [1.807, 2.05) is 6.92 Å². The van der Waals surface area contributed by atoms with E-state index in [1.54, 1.807) is 18.2 Å². The number of aryl methyl sites for hydroxylation is 1. The zero-order valence-electron chi connectivity index (χ0n) is 13.4. The molecule has 1 aromatic heterocycles. The lowest BCUT2D eigenvalue weighted by atomic mass is 10.0. The molecule has 124 valence electrons. The van der Waals surface area contributed by atoms with Gasteiger partial charge in [-0.3, -0.25) is 4.79 Å². The molecule has 0 spiro atoms. The molecular formula is C18H16O6. The number of fused-ring (bicyclic) bond motifs is 1. The van der Waals surface area contributed by atoms with Crippen LogP contribution in [0.3, 0.4) is 0 Å². The normalized spacial score (nSPS) is 10.8. The van der Waals surface area contributed by atoms with Gasteiger partial charge in [0.15, 0.2) is 22.8 Å². The van der Waals surface area contributed by atoms with E-state index in [2.05, 4.69) is 0 Å². The van der Waals surface area contributed by atoms with Crippen molar-refractivity contribution in [2.45, 2.75) is 6.92 Å². The maximum atomic E-state index is 11.1. The molecule has 6 nitrogen and oxygen atoms in total. The van der Waals surface area contributed by atoms with Gasteiger partial charge in [-0.1, -0.05) is 0 Å². The van der Waals surface area contributed by atoms with Crippen molar-refractivity contribution in [1.29, 1.82) is 0 Å². The lowest BCUT2D eigenvalue weighted by Gasteiger charge is -2.07. The average Bonchev–Trinajstić information content (AvgIpc) is 2.93. The summed E-state index contributed by atoms with van der Waals surface area (Å²) >= 11 is 0. The Balaban J connectivity index is 2.30. The second-order valence-corrected chi connectivity index (χ2v) is 5.32. The topological polar surface area (TPSA) is 89.1 Å². The fourth-order valence-corrected chi connectivity index (χ4v) is 2.68. The summed E-state index contributed by atoms with van der Waals surface area (Å²) in [6.45, 7) is 1.84. The Kier molecular flexibility index (Phi) is 3.81. The highest BCUT2D eigenvalue weighted by molar-refractivity contribution is 5.96. The predicted octanol–water partition coefficient (Wildman–Crippen LogP) is 3.65. The molecule has 2 N–H and O–H groups in total. The summed E-state index contributed by atoms with van der Waals surface area (Å²) in [5.41, 5.74) is 2.28. The number of carbonyl (C=O) groups is 1. The van der Waals surface area contributed by atoms with Crippen molar-refractivity contribution in [3.8, 4) is 34.3 Å². The number of phenols is 2. The van der Waals surface area contributed by atoms with Gasteiger partial charge in [0.1, 0.15) is 12.0 Å². The quantitative estimate of drug-likeness (QED) is 0.561. The highest BCUT2D eigenvalue weighted by Gasteiger charge is 2.19. The zero-order chi connectivity index (χ0) is 17.4. The van der Waals surface area contributed by atoms with E-state index in [-0.39, 0.29) is 17.2 Å². The summed E-state index contributed by atoms with van der Waals surface area (Å²) in [7, 11) is 2.89. The summed E-state index contributed by atoms with van der Waals surface area (Å²) in [5.74, 6) is 0.407. The minimum Gasteiger partial charge on any atom is -0.504 e. The highest BCUT2D eigenvalue weighted by atomic mass is 16.5. The van der Waals surface area contributed by atoms with Crippen LogP contribution in [-0.4, -0.2) is 30.7 Å². The van der Waals surface area contributed by atoms with Gasteiger partial charge in [-0.05, 0) is 31.2 Å². The summed E-state index contributed by atoms with van der Waals surface area (Å²) in [4.78, 5) is 11.1. The first kappa shape index (κ1) is 15.7. The van der Waals surface area contributed by atoms with Gasteiger partial charge in [0.25, 0.3) is 0 Å². The number of furan rings is 1. The van der Waals surface area contributed by atoms with Crippen LogP contribution >= 0.6 is 0 Å². The van der Waals surface area contributed by atoms with Gasteiger partial charge in [-0.2, -0.15) is 0 Å². The second-order valence-electron chi connectivity index (χ2n) is 5.32. The van der Waals surface area contributed by atoms with Crippen molar-refractivity contribution >= 4 is 17.3 Å². The lowest BCUT2D eigenvalue weighted by Crippen LogP contribution is -1.87. The number of aldehydes is 1. The van der Waals surface area contributed by atoms with Crippen molar-refractivity contribution in [1.82, 2.24) is 0 Å². The van der Waals surface area contributed by atoms with Crippen LogP contribution in [0.4, 0.5) is 0 Å². The van der Waals surface area contributed by atoms with E-state index >= 15 is 0 Å². The number of ether oxygens (including phenoxy) is 2. The van der Waals surface area contributed by atoms with Crippen molar-refractivity contribution in [2.24, 2.45) is 0 Å². The molecule has 0 amide bonds. The number of phenolic OH excluding ortho intramolecular Hbond substituents is 2. The molecule has 0 bridgehead atoms. The number of hydrogen-bond donors (Lipinski definition) is 2. The molecule has 0 aliphatic rings. The number of rotatable bonds is 4. The highest BCUT2D eigenvalue weighted by Crippen LogP contribution is 2.43. The third kappa shape index (κ3) is 2.32. The third-order valence-corrected chi connectivity index (χ3v) is 3.92. The van der Waals surface area contributed by atoms with Gasteiger partial charge in [-0.25, -0.2) is 0 Å². The van der Waals surface area contributed by atoms with Crippen molar-refractivity contribution in [3.63, 3.8) is 0 Å². The Labute approximate surface area is 137 Å². The molecule has 0 aliphatic heterocycles. The maximum absolute atomic E-state index is 11.1. The minimum atomic E-state index is -0.337. The third-order valence-electron chi connectivity index (χ3n) is 3.92. The first-order valence-corrected chi connectivity index (χ1v) is 7.16. The van der Waals surface area contributed by atoms with Crippen LogP contribution in [-0.2, 0) is 0 Å². The van der Waals surface area contributed by atoms with Crippen molar-refractivity contribution in [2.75, 3.05) is 14.2 Å². The summed E-state index contributed by atoms with van der Waals surface area (Å²) in [6, 6.07) is 6.25. The average molecular weight is 328 g/mol. The maximum Gasteiger partial charge on any atom is 0.200 e. The van der Waals surface area contributed by atoms with E-state index in [4.69, 9.17) is 13.9 Å². The lowest BCUT2D eigenvalue weighted by molar-refractivity contribution is 0.112. The van der Waals surface area contributed by atoms with Crippen molar-refractivity contribution < 1.29 is 28.9 Å². The molecule has 0 unspecified atom stereocenters. The van der Waals surface area contributed by atoms with Gasteiger partial charge >= 0.3 is 0 Å². The predicted molar refractivity (Wildman–Crippen MR) is 88.2 cm³/mol. The van der Waals surface area contributed by atoms with Gasteiger partial charge in [0.05, 0.1) is 14.2 Å². The summed E-state index contributed by atoms with van der Waals surface area (Å²) < 4.78 is 16.3. The van der Waals surface area contributed by atoms with Crippen molar-refractivity contribution in [3.05, 3.63) is 35.4 Å². The first-order valence-electron chi connectivity index (χ1n) is 7.16. The first-order chi connectivity index (χ1) is 11.5. The van der Waals surface area contributed by atoms with Crippen LogP contribution in [0.5, 0.6) is 23.0 Å². The molecule has 0 aliphatic carbocycles. The largest absolute Gasteiger partial charge is 0.504 e. The number of benzene rings is 2. The second kappa shape index (κ2) is 5.81. The van der Waals surface area contributed by atoms with Gasteiger partial charge in [-0.15, -0.1) is 0 Å². The molecule has 0 radical (unpaired) electrons. The molecule has 2 aromatic carbocycles. The summed E-state index contributed by atoms with van der Waals surface area (Å²) in [5, 5.41) is 20.4. The van der Waals surface area contributed by atoms with E-state index in [9.17, 15) is 15.0 Å². The minimum absolute atomic E-state index is 0.130. The Bertz CT molecular complexity index is 939. The van der Waals surface area contributed by atoms with Crippen LogP contribution in [0, 0.1) is 6.92 Å². The number of hydrogen-bond acceptors (Lipinski definition) is 6. The van der Waals surface area contributed by atoms with E-state index in [0.29, 0.717) is 28.2 Å². The molecule has 0 fully saturated rings. The van der Waals surface area contributed by atoms with Crippen LogP contribution in [0.25, 0.3) is 22.3 Å². The molecule has 1 heterocycles. The molecule has 6 heteroatoms. The smallest absolute Gasteiger partial charge is 0.200 e. The molecule has 0 atom stereocenters.